The molecule has 2 fully saturated rings. The van der Waals surface area contributed by atoms with Gasteiger partial charge in [-0.25, -0.2) is 14.1 Å². The average Bonchev–Trinajstić information content (AvgIpc) is 2.54. The van der Waals surface area contributed by atoms with Crippen LogP contribution in [0.15, 0.2) is 0 Å². The first-order valence-electron chi connectivity index (χ1n) is 7.96. The second-order valence-corrected chi connectivity index (χ2v) is 6.08. The number of hydrogen-bond acceptors (Lipinski definition) is 3. The molecule has 2 amide bonds. The van der Waals surface area contributed by atoms with Crippen LogP contribution in [-0.4, -0.2) is 64.5 Å². The van der Waals surface area contributed by atoms with Crippen LogP contribution in [0.1, 0.15) is 45.4 Å². The van der Waals surface area contributed by atoms with Crippen molar-refractivity contribution in [3.8, 4) is 0 Å². The first kappa shape index (κ1) is 15.9. The predicted octanol–water partition coefficient (Wildman–Crippen LogP) is 0.999. The van der Waals surface area contributed by atoms with Crippen LogP contribution in [0.2, 0.25) is 0 Å². The van der Waals surface area contributed by atoms with Crippen LogP contribution >= 0.6 is 0 Å². The van der Waals surface area contributed by atoms with Crippen molar-refractivity contribution in [1.29, 1.82) is 0 Å². The fourth-order valence-corrected chi connectivity index (χ4v) is 3.66. The molecule has 0 bridgehead atoms. The number of hydrogen-bond donors (Lipinski definition) is 1. The van der Waals surface area contributed by atoms with Gasteiger partial charge in [-0.1, -0.05) is 0 Å². The molecule has 2 aliphatic rings. The number of carbonyl (C=O) groups excluding carboxylic acids is 2. The number of carboxylic acids is 1. The smallest absolute Gasteiger partial charge is 0.404 e. The van der Waals surface area contributed by atoms with Crippen molar-refractivity contribution < 1.29 is 24.0 Å². The number of carboxylic acid groups (broad SMARTS) is 1. The number of quaternary nitrogens is 1. The number of piperidine rings is 2. The van der Waals surface area contributed by atoms with E-state index >= 15 is 0 Å². The lowest BCUT2D eigenvalue weighted by molar-refractivity contribution is -0.871. The van der Waals surface area contributed by atoms with E-state index in [4.69, 9.17) is 0 Å². The Morgan fingerprint density at radius 2 is 1.76 bits per heavy atom. The van der Waals surface area contributed by atoms with Gasteiger partial charge in [-0.2, -0.15) is 0 Å². The van der Waals surface area contributed by atoms with Crippen LogP contribution in [0.25, 0.3) is 0 Å². The maximum absolute atomic E-state index is 12.8. The van der Waals surface area contributed by atoms with Gasteiger partial charge in [0.15, 0.2) is 6.04 Å². The largest absolute Gasteiger partial charge is 0.477 e. The standard InChI is InChI=1S/C15H24N2O4/c1-2-17(11-7-4-8-12(17)15(20)21)14(19)13(18)16-9-5-3-6-10-16/h12H,2-11H2,1H3/p+1. The third kappa shape index (κ3) is 2.95. The van der Waals surface area contributed by atoms with Crippen molar-refractivity contribution in [3.63, 3.8) is 0 Å². The third-order valence-electron chi connectivity index (χ3n) is 4.96. The quantitative estimate of drug-likeness (QED) is 0.609. The maximum atomic E-state index is 12.8. The summed E-state index contributed by atoms with van der Waals surface area (Å²) in [5.74, 6) is -1.97. The summed E-state index contributed by atoms with van der Waals surface area (Å²) >= 11 is 0. The number of nitrogens with zero attached hydrogens (tertiary/aromatic N) is 2. The van der Waals surface area contributed by atoms with Crippen molar-refractivity contribution in [1.82, 2.24) is 4.90 Å². The van der Waals surface area contributed by atoms with Crippen molar-refractivity contribution in [2.24, 2.45) is 0 Å². The molecular formula is C15H25N2O4+. The number of likely N-dealkylation sites (tertiary alicyclic amines) is 2. The molecule has 0 radical (unpaired) electrons. The molecule has 21 heavy (non-hydrogen) atoms. The third-order valence-corrected chi connectivity index (χ3v) is 4.96. The van der Waals surface area contributed by atoms with Crippen molar-refractivity contribution in [2.75, 3.05) is 26.2 Å². The van der Waals surface area contributed by atoms with E-state index in [1.165, 1.54) is 0 Å². The minimum Gasteiger partial charge on any atom is -0.477 e. The molecule has 0 aliphatic carbocycles. The molecule has 1 N–H and O–H groups in total. The lowest BCUT2D eigenvalue weighted by atomic mass is 9.97. The number of amides is 2. The fraction of sp³-hybridized carbons (Fsp3) is 0.800. The molecule has 2 aliphatic heterocycles. The molecule has 118 valence electrons. The van der Waals surface area contributed by atoms with E-state index in [2.05, 4.69) is 0 Å². The maximum Gasteiger partial charge on any atom is 0.404 e. The Bertz CT molecular complexity index is 431. The minimum atomic E-state index is -0.962. The van der Waals surface area contributed by atoms with Gasteiger partial charge >= 0.3 is 17.8 Å². The van der Waals surface area contributed by atoms with Crippen LogP contribution in [0, 0.1) is 0 Å². The van der Waals surface area contributed by atoms with E-state index in [1.54, 1.807) is 4.90 Å². The van der Waals surface area contributed by atoms with Crippen LogP contribution in [-0.2, 0) is 14.4 Å². The Labute approximate surface area is 125 Å². The summed E-state index contributed by atoms with van der Waals surface area (Å²) in [5.41, 5.74) is 0. The first-order valence-corrected chi connectivity index (χ1v) is 7.96. The van der Waals surface area contributed by atoms with E-state index in [0.717, 1.165) is 32.1 Å². The van der Waals surface area contributed by atoms with Crippen LogP contribution in [0.4, 0.5) is 0 Å². The number of carbonyl (C=O) groups is 3. The van der Waals surface area contributed by atoms with Crippen molar-refractivity contribution in [2.45, 2.75) is 51.5 Å². The normalized spacial score (nSPS) is 30.0. The number of rotatable bonds is 2. The van der Waals surface area contributed by atoms with Gasteiger partial charge in [-0.3, -0.25) is 4.79 Å². The molecule has 2 heterocycles. The molecule has 0 saturated carbocycles. The van der Waals surface area contributed by atoms with Gasteiger partial charge in [0.2, 0.25) is 0 Å². The van der Waals surface area contributed by atoms with E-state index in [9.17, 15) is 19.5 Å². The summed E-state index contributed by atoms with van der Waals surface area (Å²) in [4.78, 5) is 38.4. The summed E-state index contributed by atoms with van der Waals surface area (Å²) in [7, 11) is 0. The van der Waals surface area contributed by atoms with E-state index in [1.807, 2.05) is 6.92 Å². The van der Waals surface area contributed by atoms with Gasteiger partial charge in [-0.15, -0.1) is 0 Å². The highest BCUT2D eigenvalue weighted by Gasteiger charge is 2.52. The van der Waals surface area contributed by atoms with Crippen LogP contribution in [0.5, 0.6) is 0 Å². The second-order valence-electron chi connectivity index (χ2n) is 6.08. The Morgan fingerprint density at radius 3 is 2.33 bits per heavy atom. The predicted molar refractivity (Wildman–Crippen MR) is 76.4 cm³/mol. The summed E-state index contributed by atoms with van der Waals surface area (Å²) < 4.78 is -0.204. The minimum absolute atomic E-state index is 0.204. The Balaban J connectivity index is 2.22. The zero-order chi connectivity index (χ0) is 15.5. The summed E-state index contributed by atoms with van der Waals surface area (Å²) in [6.45, 7) is 3.88. The highest BCUT2D eigenvalue weighted by molar-refractivity contribution is 6.32. The fourth-order valence-electron chi connectivity index (χ4n) is 3.66. The summed E-state index contributed by atoms with van der Waals surface area (Å²) in [6, 6.07) is -0.773. The topological polar surface area (TPSA) is 74.7 Å². The van der Waals surface area contributed by atoms with E-state index < -0.39 is 23.8 Å². The summed E-state index contributed by atoms with van der Waals surface area (Å²) in [6.07, 6.45) is 5.02. The van der Waals surface area contributed by atoms with Gasteiger partial charge in [0.1, 0.15) is 0 Å². The van der Waals surface area contributed by atoms with Crippen LogP contribution < -0.4 is 0 Å². The Kier molecular flexibility index (Phi) is 4.98. The second kappa shape index (κ2) is 6.56. The molecule has 2 unspecified atom stereocenters. The SMILES string of the molecule is CC[N+]1(C(=O)C(=O)N2CCCCC2)CCCCC1C(=O)O. The molecule has 2 atom stereocenters. The zero-order valence-electron chi connectivity index (χ0n) is 12.7. The molecular weight excluding hydrogens is 272 g/mol. The molecule has 2 saturated heterocycles. The summed E-state index contributed by atoms with van der Waals surface area (Å²) in [5, 5.41) is 9.45. The van der Waals surface area contributed by atoms with Gasteiger partial charge in [0, 0.05) is 19.5 Å². The lowest BCUT2D eigenvalue weighted by Gasteiger charge is -2.42. The zero-order valence-corrected chi connectivity index (χ0v) is 12.7. The van der Waals surface area contributed by atoms with E-state index in [-0.39, 0.29) is 4.48 Å². The van der Waals surface area contributed by atoms with Gasteiger partial charge < -0.3 is 10.0 Å². The number of aliphatic carboxylic acids is 1. The van der Waals surface area contributed by atoms with Gasteiger partial charge in [0.25, 0.3) is 0 Å². The van der Waals surface area contributed by atoms with Crippen molar-refractivity contribution in [3.05, 3.63) is 0 Å². The van der Waals surface area contributed by atoms with Crippen LogP contribution in [0.3, 0.4) is 0 Å². The highest BCUT2D eigenvalue weighted by atomic mass is 16.4. The average molecular weight is 297 g/mol. The molecule has 0 spiro atoms. The molecule has 0 aromatic rings. The lowest BCUT2D eigenvalue weighted by Crippen LogP contribution is -2.67. The van der Waals surface area contributed by atoms with E-state index in [0.29, 0.717) is 32.6 Å². The number of likely N-dealkylation sites (N-methyl/N-ethyl adjacent to an activating group) is 1. The van der Waals surface area contributed by atoms with Crippen molar-refractivity contribution >= 4 is 17.8 Å². The first-order chi connectivity index (χ1) is 10.0. The molecule has 0 aromatic heterocycles. The van der Waals surface area contributed by atoms with Gasteiger partial charge in [0.05, 0.1) is 13.1 Å². The highest BCUT2D eigenvalue weighted by Crippen LogP contribution is 2.27. The monoisotopic (exact) mass is 297 g/mol. The van der Waals surface area contributed by atoms with Gasteiger partial charge in [-0.05, 0) is 39.0 Å². The molecule has 0 aromatic carbocycles. The Hall–Kier alpha value is -1.43. The molecule has 6 heteroatoms. The molecule has 2 rings (SSSR count). The Morgan fingerprint density at radius 1 is 1.10 bits per heavy atom. The molecule has 6 nitrogen and oxygen atoms in total.